The van der Waals surface area contributed by atoms with E-state index in [1.54, 1.807) is 0 Å². The summed E-state index contributed by atoms with van der Waals surface area (Å²) in [7, 11) is 0. The second kappa shape index (κ2) is 10.8. The number of nitrogens with one attached hydrogen (secondary N) is 1. The molecule has 9 heteroatoms. The Bertz CT molecular complexity index is 897. The number of amides is 1. The fraction of sp³-hybridized carbons (Fsp3) is 0.333. The molecule has 1 fully saturated rings. The number of benzene rings is 2. The molecule has 30 heavy (non-hydrogen) atoms. The van der Waals surface area contributed by atoms with Crippen LogP contribution in [0.1, 0.15) is 15.9 Å². The lowest BCUT2D eigenvalue weighted by Gasteiger charge is -2.33. The number of carbonyl (C=O) groups excluding carboxylic acids is 1. The third-order valence-electron chi connectivity index (χ3n) is 4.61. The second-order valence-electron chi connectivity index (χ2n) is 6.90. The molecule has 0 unspecified atom stereocenters. The first-order valence-electron chi connectivity index (χ1n) is 9.41. The molecule has 2 aromatic carbocycles. The highest BCUT2D eigenvalue weighted by atomic mass is 35.5. The first-order chi connectivity index (χ1) is 14.4. The molecule has 3 rings (SSSR count). The van der Waals surface area contributed by atoms with Gasteiger partial charge in [0.1, 0.15) is 5.82 Å². The molecule has 2 aromatic rings. The van der Waals surface area contributed by atoms with Crippen LogP contribution in [-0.4, -0.2) is 60.0 Å². The SMILES string of the molecule is O=C(CSc1ccc(C(=O)O)cc1F)NC[C@H]1CN(Cc2ccc(Cl)cc2)CCO1. The number of carboxylic acids is 1. The molecule has 0 saturated carbocycles. The van der Waals surface area contributed by atoms with Gasteiger partial charge < -0.3 is 15.2 Å². The molecule has 1 heterocycles. The van der Waals surface area contributed by atoms with E-state index < -0.39 is 11.8 Å². The molecule has 160 valence electrons. The lowest BCUT2D eigenvalue weighted by Crippen LogP contribution is -2.47. The van der Waals surface area contributed by atoms with Crippen molar-refractivity contribution in [1.29, 1.82) is 0 Å². The highest BCUT2D eigenvalue weighted by Gasteiger charge is 2.21. The molecule has 0 bridgehead atoms. The summed E-state index contributed by atoms with van der Waals surface area (Å²) in [6.07, 6.45) is -0.119. The molecule has 6 nitrogen and oxygen atoms in total. The van der Waals surface area contributed by atoms with E-state index in [1.807, 2.05) is 24.3 Å². The van der Waals surface area contributed by atoms with Gasteiger partial charge in [0.05, 0.1) is 24.0 Å². The molecule has 0 aromatic heterocycles. The van der Waals surface area contributed by atoms with E-state index >= 15 is 0 Å². The maximum absolute atomic E-state index is 13.9. The Hall–Kier alpha value is -2.13. The molecular formula is C21H22ClFN2O4S. The lowest BCUT2D eigenvalue weighted by atomic mass is 10.2. The highest BCUT2D eigenvalue weighted by molar-refractivity contribution is 8.00. The summed E-state index contributed by atoms with van der Waals surface area (Å²) in [5.41, 5.74) is 1.04. The van der Waals surface area contributed by atoms with Gasteiger partial charge in [-0.1, -0.05) is 23.7 Å². The zero-order chi connectivity index (χ0) is 21.5. The summed E-state index contributed by atoms with van der Waals surface area (Å²) >= 11 is 6.95. The van der Waals surface area contributed by atoms with Gasteiger partial charge in [-0.05, 0) is 35.9 Å². The van der Waals surface area contributed by atoms with E-state index in [2.05, 4.69) is 10.2 Å². The molecule has 0 aliphatic carbocycles. The Morgan fingerprint density at radius 2 is 2.03 bits per heavy atom. The number of thioether (sulfide) groups is 1. The highest BCUT2D eigenvalue weighted by Crippen LogP contribution is 2.22. The molecule has 1 atom stereocenters. The van der Waals surface area contributed by atoms with Gasteiger partial charge in [-0.15, -0.1) is 11.8 Å². The van der Waals surface area contributed by atoms with Crippen molar-refractivity contribution in [1.82, 2.24) is 10.2 Å². The number of ether oxygens (including phenoxy) is 1. The van der Waals surface area contributed by atoms with Crippen LogP contribution in [0.3, 0.4) is 0 Å². The topological polar surface area (TPSA) is 78.9 Å². The summed E-state index contributed by atoms with van der Waals surface area (Å²) in [6, 6.07) is 11.4. The monoisotopic (exact) mass is 452 g/mol. The van der Waals surface area contributed by atoms with Crippen LogP contribution in [0.4, 0.5) is 4.39 Å². The summed E-state index contributed by atoms with van der Waals surface area (Å²) in [6.45, 7) is 3.25. The van der Waals surface area contributed by atoms with Gasteiger partial charge in [0, 0.05) is 36.1 Å². The summed E-state index contributed by atoms with van der Waals surface area (Å²) in [5.74, 6) is -2.05. The van der Waals surface area contributed by atoms with Crippen molar-refractivity contribution in [2.45, 2.75) is 17.5 Å². The average molecular weight is 453 g/mol. The summed E-state index contributed by atoms with van der Waals surface area (Å²) < 4.78 is 19.7. The number of carbonyl (C=O) groups is 2. The summed E-state index contributed by atoms with van der Waals surface area (Å²) in [4.78, 5) is 25.5. The van der Waals surface area contributed by atoms with E-state index in [1.165, 1.54) is 12.1 Å². The van der Waals surface area contributed by atoms with E-state index in [9.17, 15) is 14.0 Å². The predicted molar refractivity (Wildman–Crippen MR) is 114 cm³/mol. The van der Waals surface area contributed by atoms with E-state index in [-0.39, 0.29) is 28.2 Å². The van der Waals surface area contributed by atoms with Crippen LogP contribution in [0.5, 0.6) is 0 Å². The van der Waals surface area contributed by atoms with Crippen LogP contribution in [-0.2, 0) is 16.1 Å². The Balaban J connectivity index is 1.42. The van der Waals surface area contributed by atoms with E-state index in [0.717, 1.165) is 36.5 Å². The van der Waals surface area contributed by atoms with E-state index in [4.69, 9.17) is 21.4 Å². The van der Waals surface area contributed by atoms with Crippen molar-refractivity contribution in [3.63, 3.8) is 0 Å². The Kier molecular flexibility index (Phi) is 8.09. The van der Waals surface area contributed by atoms with Gasteiger partial charge in [0.15, 0.2) is 0 Å². The minimum absolute atomic E-state index is 0.0323. The zero-order valence-corrected chi connectivity index (χ0v) is 17.7. The first-order valence-corrected chi connectivity index (χ1v) is 10.8. The molecule has 2 N–H and O–H groups in total. The van der Waals surface area contributed by atoms with Crippen LogP contribution < -0.4 is 5.32 Å². The van der Waals surface area contributed by atoms with Crippen molar-refractivity contribution in [3.05, 3.63) is 64.4 Å². The number of hydrogen-bond acceptors (Lipinski definition) is 5. The predicted octanol–water partition coefficient (Wildman–Crippen LogP) is 3.29. The number of halogens is 2. The first kappa shape index (κ1) is 22.6. The van der Waals surface area contributed by atoms with Crippen molar-refractivity contribution < 1.29 is 23.8 Å². The molecule has 1 aliphatic rings. The van der Waals surface area contributed by atoms with Crippen molar-refractivity contribution in [2.24, 2.45) is 0 Å². The van der Waals surface area contributed by atoms with Crippen LogP contribution in [0.2, 0.25) is 5.02 Å². The third kappa shape index (κ3) is 6.70. The molecule has 0 radical (unpaired) electrons. The number of carboxylic acid groups (broad SMARTS) is 1. The quantitative estimate of drug-likeness (QED) is 0.598. The van der Waals surface area contributed by atoms with Crippen LogP contribution >= 0.6 is 23.4 Å². The minimum atomic E-state index is -1.19. The molecule has 1 aliphatic heterocycles. The van der Waals surface area contributed by atoms with Gasteiger partial charge in [-0.25, -0.2) is 9.18 Å². The summed E-state index contributed by atoms with van der Waals surface area (Å²) in [5, 5.41) is 12.4. The van der Waals surface area contributed by atoms with E-state index in [0.29, 0.717) is 24.7 Å². The maximum Gasteiger partial charge on any atom is 0.335 e. The van der Waals surface area contributed by atoms with Gasteiger partial charge in [-0.2, -0.15) is 0 Å². The Morgan fingerprint density at radius 1 is 1.27 bits per heavy atom. The van der Waals surface area contributed by atoms with Crippen LogP contribution in [0.15, 0.2) is 47.4 Å². The molecule has 1 saturated heterocycles. The third-order valence-corrected chi connectivity index (χ3v) is 5.91. The number of aromatic carboxylic acids is 1. The van der Waals surface area contributed by atoms with Crippen LogP contribution in [0.25, 0.3) is 0 Å². The van der Waals surface area contributed by atoms with Gasteiger partial charge in [0.2, 0.25) is 5.91 Å². The Morgan fingerprint density at radius 3 is 2.73 bits per heavy atom. The Labute approximate surface area is 183 Å². The fourth-order valence-corrected chi connectivity index (χ4v) is 3.94. The molecule has 0 spiro atoms. The molecule has 1 amide bonds. The fourth-order valence-electron chi connectivity index (χ4n) is 3.07. The lowest BCUT2D eigenvalue weighted by molar-refractivity contribution is -0.119. The van der Waals surface area contributed by atoms with Crippen molar-refractivity contribution >= 4 is 35.2 Å². The van der Waals surface area contributed by atoms with Gasteiger partial charge in [-0.3, -0.25) is 9.69 Å². The number of rotatable bonds is 8. The van der Waals surface area contributed by atoms with Crippen molar-refractivity contribution in [2.75, 3.05) is 32.0 Å². The smallest absolute Gasteiger partial charge is 0.335 e. The minimum Gasteiger partial charge on any atom is -0.478 e. The largest absolute Gasteiger partial charge is 0.478 e. The zero-order valence-electron chi connectivity index (χ0n) is 16.1. The van der Waals surface area contributed by atoms with Crippen molar-refractivity contribution in [3.8, 4) is 0 Å². The number of morpholine rings is 1. The number of nitrogens with zero attached hydrogens (tertiary/aromatic N) is 1. The second-order valence-corrected chi connectivity index (χ2v) is 8.35. The normalized spacial score (nSPS) is 16.9. The van der Waals surface area contributed by atoms with Gasteiger partial charge >= 0.3 is 5.97 Å². The molecular weight excluding hydrogens is 431 g/mol. The van der Waals surface area contributed by atoms with Crippen LogP contribution in [0, 0.1) is 5.82 Å². The number of hydrogen-bond donors (Lipinski definition) is 2. The standard InChI is InChI=1S/C21H22ClFN2O4S/c22-16-4-1-14(2-5-16)11-25-7-8-29-17(12-25)10-24-20(26)13-30-19-6-3-15(21(27)28)9-18(19)23/h1-6,9,17H,7-8,10-13H2,(H,24,26)(H,27,28)/t17-/m0/s1. The average Bonchev–Trinajstić information content (AvgIpc) is 2.73. The van der Waals surface area contributed by atoms with Gasteiger partial charge in [0.25, 0.3) is 0 Å². The maximum atomic E-state index is 13.9.